The molecule has 0 amide bonds. The third-order valence-electron chi connectivity index (χ3n) is 2.21. The second-order valence-corrected chi connectivity index (χ2v) is 5.36. The van der Waals surface area contributed by atoms with Gasteiger partial charge >= 0.3 is 5.97 Å². The highest BCUT2D eigenvalue weighted by Gasteiger charge is 2.21. The Balaban J connectivity index is 2.29. The largest absolute Gasteiger partial charge is 0.475 e. The number of rotatable bonds is 4. The number of aryl methyl sites for hydroxylation is 1. The zero-order chi connectivity index (χ0) is 14.0. The summed E-state index contributed by atoms with van der Waals surface area (Å²) < 4.78 is 30.8. The van der Waals surface area contributed by atoms with Crippen molar-refractivity contribution in [3.05, 3.63) is 41.8 Å². The van der Waals surface area contributed by atoms with E-state index in [0.29, 0.717) is 0 Å². The first kappa shape index (κ1) is 13.1. The SMILES string of the molecule is Cc1ccnc(NS(=O)(=O)c2ccc(C(=O)O)o2)c1. The lowest BCUT2D eigenvalue weighted by Crippen LogP contribution is -2.13. The van der Waals surface area contributed by atoms with Gasteiger partial charge in [-0.15, -0.1) is 0 Å². The summed E-state index contributed by atoms with van der Waals surface area (Å²) in [6.45, 7) is 1.79. The third kappa shape index (κ3) is 2.91. The molecule has 8 heteroatoms. The van der Waals surface area contributed by atoms with Crippen LogP contribution in [0.25, 0.3) is 0 Å². The lowest BCUT2D eigenvalue weighted by atomic mass is 10.3. The van der Waals surface area contributed by atoms with Gasteiger partial charge in [-0.1, -0.05) is 0 Å². The fourth-order valence-corrected chi connectivity index (χ4v) is 2.29. The number of sulfonamides is 1. The van der Waals surface area contributed by atoms with E-state index in [9.17, 15) is 13.2 Å². The van der Waals surface area contributed by atoms with Crippen molar-refractivity contribution in [3.8, 4) is 0 Å². The lowest BCUT2D eigenvalue weighted by molar-refractivity contribution is 0.0656. The van der Waals surface area contributed by atoms with Crippen LogP contribution < -0.4 is 4.72 Å². The Kier molecular flexibility index (Phi) is 3.26. The van der Waals surface area contributed by atoms with Crippen LogP contribution in [0.1, 0.15) is 16.1 Å². The molecule has 7 nitrogen and oxygen atoms in total. The molecule has 0 aromatic carbocycles. The van der Waals surface area contributed by atoms with Gasteiger partial charge in [-0.05, 0) is 36.8 Å². The van der Waals surface area contributed by atoms with Gasteiger partial charge in [0.2, 0.25) is 10.9 Å². The number of carbonyl (C=O) groups is 1. The van der Waals surface area contributed by atoms with Crippen molar-refractivity contribution >= 4 is 21.8 Å². The van der Waals surface area contributed by atoms with Crippen LogP contribution in [-0.2, 0) is 10.0 Å². The zero-order valence-electron chi connectivity index (χ0n) is 9.82. The Hall–Kier alpha value is -2.35. The first-order valence-corrected chi connectivity index (χ1v) is 6.65. The number of nitrogens with zero attached hydrogens (tertiary/aromatic N) is 1. The number of carboxylic acids is 1. The third-order valence-corrected chi connectivity index (χ3v) is 3.44. The monoisotopic (exact) mass is 282 g/mol. The van der Waals surface area contributed by atoms with E-state index in [4.69, 9.17) is 9.52 Å². The number of hydrogen-bond acceptors (Lipinski definition) is 5. The van der Waals surface area contributed by atoms with E-state index in [-0.39, 0.29) is 5.82 Å². The van der Waals surface area contributed by atoms with Crippen LogP contribution in [-0.4, -0.2) is 24.5 Å². The molecule has 0 aliphatic carbocycles. The van der Waals surface area contributed by atoms with Crippen LogP contribution in [0, 0.1) is 6.92 Å². The average Bonchev–Trinajstić information content (AvgIpc) is 2.78. The molecule has 0 aliphatic rings. The summed E-state index contributed by atoms with van der Waals surface area (Å²) in [6, 6.07) is 5.40. The maximum atomic E-state index is 11.9. The van der Waals surface area contributed by atoms with Crippen LogP contribution in [0.3, 0.4) is 0 Å². The van der Waals surface area contributed by atoms with Crippen molar-refractivity contribution in [3.63, 3.8) is 0 Å². The number of pyridine rings is 1. The summed E-state index contributed by atoms with van der Waals surface area (Å²) in [5, 5.41) is 8.19. The van der Waals surface area contributed by atoms with Gasteiger partial charge in [-0.25, -0.2) is 9.78 Å². The van der Waals surface area contributed by atoms with Crippen molar-refractivity contribution in [1.29, 1.82) is 0 Å². The normalized spacial score (nSPS) is 11.2. The average molecular weight is 282 g/mol. The number of carboxylic acid groups (broad SMARTS) is 1. The van der Waals surface area contributed by atoms with E-state index < -0.39 is 26.8 Å². The summed E-state index contributed by atoms with van der Waals surface area (Å²) in [5.41, 5.74) is 0.832. The highest BCUT2D eigenvalue weighted by Crippen LogP contribution is 2.17. The molecule has 0 spiro atoms. The van der Waals surface area contributed by atoms with E-state index in [1.807, 2.05) is 0 Å². The molecule has 2 heterocycles. The molecule has 2 N–H and O–H groups in total. The fourth-order valence-electron chi connectivity index (χ4n) is 1.36. The molecule has 0 radical (unpaired) electrons. The molecular formula is C11H10N2O5S. The van der Waals surface area contributed by atoms with E-state index >= 15 is 0 Å². The van der Waals surface area contributed by atoms with Crippen molar-refractivity contribution < 1.29 is 22.7 Å². The summed E-state index contributed by atoms with van der Waals surface area (Å²) in [7, 11) is -3.99. The molecule has 0 bridgehead atoms. The van der Waals surface area contributed by atoms with Gasteiger partial charge in [0.1, 0.15) is 5.82 Å². The van der Waals surface area contributed by atoms with Gasteiger partial charge in [0.05, 0.1) is 0 Å². The summed E-state index contributed by atoms with van der Waals surface area (Å²) in [6.07, 6.45) is 1.46. The molecule has 0 saturated carbocycles. The van der Waals surface area contributed by atoms with Gasteiger partial charge in [0.15, 0.2) is 0 Å². The second kappa shape index (κ2) is 4.73. The van der Waals surface area contributed by atoms with E-state index in [0.717, 1.165) is 17.7 Å². The van der Waals surface area contributed by atoms with E-state index in [1.165, 1.54) is 6.20 Å². The second-order valence-electron chi connectivity index (χ2n) is 3.75. The molecule has 2 aromatic heterocycles. The summed E-state index contributed by atoms with van der Waals surface area (Å²) >= 11 is 0. The lowest BCUT2D eigenvalue weighted by Gasteiger charge is -2.04. The number of aromatic nitrogens is 1. The van der Waals surface area contributed by atoms with Crippen molar-refractivity contribution in [2.75, 3.05) is 4.72 Å². The maximum absolute atomic E-state index is 11.9. The number of aromatic carboxylic acids is 1. The Labute approximate surface area is 108 Å². The minimum absolute atomic E-state index is 0.133. The van der Waals surface area contributed by atoms with Crippen LogP contribution in [0.15, 0.2) is 40.0 Å². The predicted molar refractivity (Wildman–Crippen MR) is 65.4 cm³/mol. The molecule has 2 aromatic rings. The van der Waals surface area contributed by atoms with Crippen LogP contribution >= 0.6 is 0 Å². The molecule has 2 rings (SSSR count). The van der Waals surface area contributed by atoms with Crippen molar-refractivity contribution in [1.82, 2.24) is 4.98 Å². The van der Waals surface area contributed by atoms with Gasteiger partial charge < -0.3 is 9.52 Å². The first-order chi connectivity index (χ1) is 8.88. The molecule has 0 saturated heterocycles. The Bertz CT molecular complexity index is 720. The van der Waals surface area contributed by atoms with Gasteiger partial charge in [-0.3, -0.25) is 4.72 Å². The predicted octanol–water partition coefficient (Wildman–Crippen LogP) is 1.48. The molecule has 100 valence electrons. The summed E-state index contributed by atoms with van der Waals surface area (Å²) in [5.74, 6) is -1.65. The molecule has 0 aliphatic heterocycles. The Morgan fingerprint density at radius 3 is 2.68 bits per heavy atom. The summed E-state index contributed by atoms with van der Waals surface area (Å²) in [4.78, 5) is 14.5. The number of nitrogens with one attached hydrogen (secondary N) is 1. The molecule has 0 fully saturated rings. The van der Waals surface area contributed by atoms with Gasteiger partial charge in [0, 0.05) is 6.20 Å². The molecule has 0 unspecified atom stereocenters. The standard InChI is InChI=1S/C11H10N2O5S/c1-7-4-5-12-9(6-7)13-19(16,17)10-3-2-8(18-10)11(14)15/h2-6H,1H3,(H,12,13)(H,14,15). The quantitative estimate of drug-likeness (QED) is 0.879. The van der Waals surface area contributed by atoms with Crippen LogP contribution in [0.4, 0.5) is 5.82 Å². The van der Waals surface area contributed by atoms with Gasteiger partial charge in [0.25, 0.3) is 10.0 Å². The fraction of sp³-hybridized carbons (Fsp3) is 0.0909. The molecular weight excluding hydrogens is 272 g/mol. The topological polar surface area (TPSA) is 110 Å². The zero-order valence-corrected chi connectivity index (χ0v) is 10.6. The number of anilines is 1. The highest BCUT2D eigenvalue weighted by atomic mass is 32.2. The smallest absolute Gasteiger partial charge is 0.371 e. The maximum Gasteiger partial charge on any atom is 0.371 e. The van der Waals surface area contributed by atoms with Crippen molar-refractivity contribution in [2.45, 2.75) is 12.0 Å². The number of hydrogen-bond donors (Lipinski definition) is 2. The number of furan rings is 1. The van der Waals surface area contributed by atoms with E-state index in [1.54, 1.807) is 19.1 Å². The first-order valence-electron chi connectivity index (χ1n) is 5.17. The minimum Gasteiger partial charge on any atom is -0.475 e. The molecule has 19 heavy (non-hydrogen) atoms. The van der Waals surface area contributed by atoms with Crippen LogP contribution in [0.5, 0.6) is 0 Å². The van der Waals surface area contributed by atoms with E-state index in [2.05, 4.69) is 9.71 Å². The Morgan fingerprint density at radius 1 is 1.37 bits per heavy atom. The molecule has 0 atom stereocenters. The van der Waals surface area contributed by atoms with Crippen molar-refractivity contribution in [2.24, 2.45) is 0 Å². The Morgan fingerprint density at radius 2 is 2.11 bits per heavy atom. The minimum atomic E-state index is -3.99. The van der Waals surface area contributed by atoms with Gasteiger partial charge in [-0.2, -0.15) is 8.42 Å². The van der Waals surface area contributed by atoms with Crippen LogP contribution in [0.2, 0.25) is 0 Å². The highest BCUT2D eigenvalue weighted by molar-refractivity contribution is 7.92.